The molecule has 2 aromatic rings. The zero-order valence-electron chi connectivity index (χ0n) is 14.0. The Labute approximate surface area is 143 Å². The van der Waals surface area contributed by atoms with E-state index in [0.717, 1.165) is 24.5 Å². The number of hydrogen-bond donors (Lipinski definition) is 2. The first kappa shape index (κ1) is 16.4. The van der Waals surface area contributed by atoms with Gasteiger partial charge in [-0.2, -0.15) is 0 Å². The fraction of sp³-hybridized carbons (Fsp3) is 0.350. The Morgan fingerprint density at radius 3 is 2.29 bits per heavy atom. The first-order valence-corrected chi connectivity index (χ1v) is 8.75. The van der Waals surface area contributed by atoms with Crippen molar-refractivity contribution in [3.63, 3.8) is 0 Å². The van der Waals surface area contributed by atoms with Crippen molar-refractivity contribution in [2.75, 3.05) is 35.2 Å². The third-order valence-electron chi connectivity index (χ3n) is 4.33. The second-order valence-corrected chi connectivity index (χ2v) is 6.19. The highest BCUT2D eigenvalue weighted by Gasteiger charge is 2.10. The molecule has 0 bridgehead atoms. The van der Waals surface area contributed by atoms with E-state index in [-0.39, 0.29) is 5.91 Å². The smallest absolute Gasteiger partial charge is 0.226 e. The number of carbonyl (C=O) groups is 1. The number of para-hydroxylation sites is 1. The van der Waals surface area contributed by atoms with E-state index in [1.165, 1.54) is 24.9 Å². The summed E-state index contributed by atoms with van der Waals surface area (Å²) in [6, 6.07) is 18.1. The van der Waals surface area contributed by atoms with Crippen LogP contribution in [0.2, 0.25) is 0 Å². The largest absolute Gasteiger partial charge is 0.385 e. The molecule has 1 aliphatic heterocycles. The van der Waals surface area contributed by atoms with Gasteiger partial charge in [0.2, 0.25) is 5.91 Å². The second kappa shape index (κ2) is 8.39. The highest BCUT2D eigenvalue weighted by atomic mass is 16.1. The Kier molecular flexibility index (Phi) is 5.72. The first-order chi connectivity index (χ1) is 11.8. The Hall–Kier alpha value is -2.49. The van der Waals surface area contributed by atoms with E-state index in [1.54, 1.807) is 0 Å². The van der Waals surface area contributed by atoms with E-state index < -0.39 is 0 Å². The summed E-state index contributed by atoms with van der Waals surface area (Å²) >= 11 is 0. The quantitative estimate of drug-likeness (QED) is 0.840. The van der Waals surface area contributed by atoms with Crippen LogP contribution in [0.3, 0.4) is 0 Å². The van der Waals surface area contributed by atoms with Gasteiger partial charge in [0, 0.05) is 43.1 Å². The molecule has 0 aromatic heterocycles. The molecule has 4 heteroatoms. The summed E-state index contributed by atoms with van der Waals surface area (Å²) in [5.74, 6) is 0.0265. The van der Waals surface area contributed by atoms with Crippen molar-refractivity contribution in [1.82, 2.24) is 0 Å². The van der Waals surface area contributed by atoms with Gasteiger partial charge in [0.15, 0.2) is 0 Å². The molecule has 1 fully saturated rings. The number of rotatable bonds is 6. The average Bonchev–Trinajstić information content (AvgIpc) is 2.64. The van der Waals surface area contributed by atoms with Gasteiger partial charge in [-0.15, -0.1) is 0 Å². The second-order valence-electron chi connectivity index (χ2n) is 6.19. The number of carbonyl (C=O) groups excluding carboxylic acids is 1. The highest BCUT2D eigenvalue weighted by Crippen LogP contribution is 2.21. The van der Waals surface area contributed by atoms with Crippen LogP contribution < -0.4 is 15.5 Å². The summed E-state index contributed by atoms with van der Waals surface area (Å²) in [5.41, 5.74) is 3.19. The molecule has 1 heterocycles. The average molecular weight is 323 g/mol. The van der Waals surface area contributed by atoms with E-state index in [2.05, 4.69) is 39.8 Å². The summed E-state index contributed by atoms with van der Waals surface area (Å²) in [5, 5.41) is 6.21. The zero-order valence-corrected chi connectivity index (χ0v) is 14.0. The molecule has 0 aliphatic carbocycles. The Morgan fingerprint density at radius 2 is 1.58 bits per heavy atom. The van der Waals surface area contributed by atoms with Crippen molar-refractivity contribution in [1.29, 1.82) is 0 Å². The summed E-state index contributed by atoms with van der Waals surface area (Å²) in [6.45, 7) is 2.95. The summed E-state index contributed by atoms with van der Waals surface area (Å²) in [4.78, 5) is 14.4. The Bertz CT molecular complexity index is 634. The van der Waals surface area contributed by atoms with Gasteiger partial charge in [-0.1, -0.05) is 18.2 Å². The molecule has 4 nitrogen and oxygen atoms in total. The molecule has 24 heavy (non-hydrogen) atoms. The monoisotopic (exact) mass is 323 g/mol. The van der Waals surface area contributed by atoms with Gasteiger partial charge < -0.3 is 15.5 Å². The fourth-order valence-electron chi connectivity index (χ4n) is 3.01. The van der Waals surface area contributed by atoms with Crippen LogP contribution in [0.15, 0.2) is 54.6 Å². The predicted molar refractivity (Wildman–Crippen MR) is 101 cm³/mol. The number of benzene rings is 2. The van der Waals surface area contributed by atoms with Gasteiger partial charge in [-0.05, 0) is 55.7 Å². The highest BCUT2D eigenvalue weighted by molar-refractivity contribution is 5.90. The summed E-state index contributed by atoms with van der Waals surface area (Å²) in [7, 11) is 0. The van der Waals surface area contributed by atoms with Crippen LogP contribution >= 0.6 is 0 Å². The minimum Gasteiger partial charge on any atom is -0.385 e. The van der Waals surface area contributed by atoms with E-state index in [9.17, 15) is 4.79 Å². The molecule has 1 saturated heterocycles. The van der Waals surface area contributed by atoms with Crippen molar-refractivity contribution in [2.24, 2.45) is 0 Å². The number of anilines is 3. The lowest BCUT2D eigenvalue weighted by Gasteiger charge is -2.28. The molecule has 0 spiro atoms. The number of hydrogen-bond acceptors (Lipinski definition) is 3. The number of piperidine rings is 1. The SMILES string of the molecule is O=C(CCNc1ccc(N2CCCCC2)cc1)Nc1ccccc1. The first-order valence-electron chi connectivity index (χ1n) is 8.75. The molecule has 1 amide bonds. The minimum atomic E-state index is 0.0265. The van der Waals surface area contributed by atoms with Crippen LogP contribution in [0, 0.1) is 0 Å². The molecule has 0 unspecified atom stereocenters. The van der Waals surface area contributed by atoms with Crippen LogP contribution in [-0.2, 0) is 4.79 Å². The van der Waals surface area contributed by atoms with Gasteiger partial charge >= 0.3 is 0 Å². The van der Waals surface area contributed by atoms with Crippen LogP contribution in [0.4, 0.5) is 17.1 Å². The molecule has 0 atom stereocenters. The van der Waals surface area contributed by atoms with Crippen molar-refractivity contribution >= 4 is 23.0 Å². The lowest BCUT2D eigenvalue weighted by Crippen LogP contribution is -2.29. The summed E-state index contributed by atoms with van der Waals surface area (Å²) in [6.07, 6.45) is 4.37. The lowest BCUT2D eigenvalue weighted by atomic mass is 10.1. The number of amides is 1. The molecule has 2 N–H and O–H groups in total. The zero-order chi connectivity index (χ0) is 16.6. The maximum atomic E-state index is 11.9. The third-order valence-corrected chi connectivity index (χ3v) is 4.33. The van der Waals surface area contributed by atoms with Crippen molar-refractivity contribution in [3.05, 3.63) is 54.6 Å². The molecule has 3 rings (SSSR count). The Balaban J connectivity index is 1.42. The standard InChI is InChI=1S/C20H25N3O/c24-20(22-18-7-3-1-4-8-18)13-14-21-17-9-11-19(12-10-17)23-15-5-2-6-16-23/h1,3-4,7-12,21H,2,5-6,13-16H2,(H,22,24). The van der Waals surface area contributed by atoms with E-state index >= 15 is 0 Å². The maximum Gasteiger partial charge on any atom is 0.226 e. The summed E-state index contributed by atoms with van der Waals surface area (Å²) < 4.78 is 0. The van der Waals surface area contributed by atoms with Gasteiger partial charge in [0.1, 0.15) is 0 Å². The topological polar surface area (TPSA) is 44.4 Å². The van der Waals surface area contributed by atoms with E-state index in [0.29, 0.717) is 13.0 Å². The Morgan fingerprint density at radius 1 is 0.875 bits per heavy atom. The van der Waals surface area contributed by atoms with Crippen molar-refractivity contribution in [2.45, 2.75) is 25.7 Å². The molecule has 0 saturated carbocycles. The van der Waals surface area contributed by atoms with Crippen LogP contribution in [0.5, 0.6) is 0 Å². The van der Waals surface area contributed by atoms with Gasteiger partial charge in [-0.25, -0.2) is 0 Å². The van der Waals surface area contributed by atoms with Crippen LogP contribution in [0.25, 0.3) is 0 Å². The van der Waals surface area contributed by atoms with Crippen molar-refractivity contribution < 1.29 is 4.79 Å². The van der Waals surface area contributed by atoms with Gasteiger partial charge in [0.05, 0.1) is 0 Å². The normalized spacial score (nSPS) is 14.2. The fourth-order valence-corrected chi connectivity index (χ4v) is 3.01. The molecule has 0 radical (unpaired) electrons. The molecular formula is C20H25N3O. The molecule has 126 valence electrons. The number of nitrogens with zero attached hydrogens (tertiary/aromatic N) is 1. The molecular weight excluding hydrogens is 298 g/mol. The van der Waals surface area contributed by atoms with E-state index in [1.807, 2.05) is 30.3 Å². The number of nitrogens with one attached hydrogen (secondary N) is 2. The van der Waals surface area contributed by atoms with Crippen LogP contribution in [-0.4, -0.2) is 25.5 Å². The molecule has 1 aliphatic rings. The minimum absolute atomic E-state index is 0.0265. The van der Waals surface area contributed by atoms with Crippen molar-refractivity contribution in [3.8, 4) is 0 Å². The molecule has 2 aromatic carbocycles. The predicted octanol–water partition coefficient (Wildman–Crippen LogP) is 4.12. The maximum absolute atomic E-state index is 11.9. The third kappa shape index (κ3) is 4.75. The van der Waals surface area contributed by atoms with Gasteiger partial charge in [0.25, 0.3) is 0 Å². The lowest BCUT2D eigenvalue weighted by molar-refractivity contribution is -0.115. The van der Waals surface area contributed by atoms with Gasteiger partial charge in [-0.3, -0.25) is 4.79 Å². The van der Waals surface area contributed by atoms with Crippen LogP contribution in [0.1, 0.15) is 25.7 Å². The van der Waals surface area contributed by atoms with E-state index in [4.69, 9.17) is 0 Å².